The van der Waals surface area contributed by atoms with Gasteiger partial charge >= 0.3 is 40.8 Å². The Hall–Kier alpha value is -0.252. The minimum absolute atomic E-state index is 0. The molecule has 4 aromatic rings. The molecule has 4 rings (SSSR count). The summed E-state index contributed by atoms with van der Waals surface area (Å²) in [6, 6.07) is 47.9. The first-order valence-electron chi connectivity index (χ1n) is 15.4. The number of hydrogen-bond acceptors (Lipinski definition) is 0. The molecule has 2 nitrogen and oxygen atoms in total. The first-order valence-corrected chi connectivity index (χ1v) is 28.0. The maximum Gasteiger partial charge on any atom is 3.00 e. The fraction of sp³-hybridized carbons (Fsp3) is 0.333. The summed E-state index contributed by atoms with van der Waals surface area (Å²) < 4.78 is 10.8. The van der Waals surface area contributed by atoms with Crippen molar-refractivity contribution in [2.75, 3.05) is 0 Å². The molecule has 0 heterocycles. The van der Waals surface area contributed by atoms with Gasteiger partial charge in [0.1, 0.15) is 0 Å². The summed E-state index contributed by atoms with van der Waals surface area (Å²) in [7, 11) is -6.19. The van der Waals surface area contributed by atoms with Crippen molar-refractivity contribution < 1.29 is 64.8 Å². The van der Waals surface area contributed by atoms with Crippen molar-refractivity contribution in [3.8, 4) is 0 Å². The molecule has 0 amide bonds. The largest absolute Gasteiger partial charge is 3.00 e. The van der Waals surface area contributed by atoms with Crippen molar-refractivity contribution in [3.05, 3.63) is 153 Å². The molecule has 4 aromatic carbocycles. The first-order chi connectivity index (χ1) is 19.7. The third kappa shape index (κ3) is 17.1. The Morgan fingerprint density at radius 2 is 0.500 bits per heavy atom. The number of benzene rings is 4. The Balaban J connectivity index is 0.000000421. The maximum absolute atomic E-state index is 5.41. The fourth-order valence-corrected chi connectivity index (χ4v) is 25.5. The Morgan fingerprint density at radius 3 is 0.659 bits per heavy atom. The van der Waals surface area contributed by atoms with Crippen LogP contribution in [0.15, 0.2) is 121 Å². The fourth-order valence-electron chi connectivity index (χ4n) is 6.18. The number of nitrogens with zero attached hydrogens (tertiary/aromatic N) is 2. The first kappa shape index (κ1) is 41.8. The summed E-state index contributed by atoms with van der Waals surface area (Å²) >= 11 is 0. The van der Waals surface area contributed by atoms with Crippen LogP contribution in [0.3, 0.4) is 0 Å². The van der Waals surface area contributed by atoms with Gasteiger partial charge in [0.15, 0.2) is 0 Å². The zero-order valence-electron chi connectivity index (χ0n) is 28.1. The topological polar surface area (TPSA) is 28.2 Å². The van der Waals surface area contributed by atoms with Crippen LogP contribution in [0.5, 0.6) is 0 Å². The van der Waals surface area contributed by atoms with Crippen LogP contribution in [0, 0.1) is 40.8 Å². The van der Waals surface area contributed by atoms with E-state index < -0.39 is 32.9 Å². The van der Waals surface area contributed by atoms with E-state index in [1.807, 2.05) is 0 Å². The van der Waals surface area contributed by atoms with Crippen LogP contribution in [-0.2, 0) is 24.2 Å². The van der Waals surface area contributed by atoms with Crippen molar-refractivity contribution in [2.45, 2.75) is 76.6 Å². The molecule has 233 valence electrons. The van der Waals surface area contributed by atoms with E-state index in [4.69, 9.17) is 9.30 Å². The molecule has 0 atom stereocenters. The summed E-state index contributed by atoms with van der Waals surface area (Å²) in [6.07, 6.45) is 0. The van der Waals surface area contributed by atoms with Gasteiger partial charge in [-0.25, -0.2) is 0 Å². The molecule has 0 aromatic heterocycles. The molecule has 0 saturated carbocycles. The molecule has 0 fully saturated rings. The Morgan fingerprint density at radius 1 is 0.341 bits per heavy atom. The minimum atomic E-state index is -1.55. The van der Waals surface area contributed by atoms with E-state index in [-0.39, 0.29) is 64.8 Å². The van der Waals surface area contributed by atoms with Crippen LogP contribution in [0.1, 0.15) is 22.3 Å². The van der Waals surface area contributed by atoms with E-state index in [9.17, 15) is 0 Å². The second-order valence-corrected chi connectivity index (χ2v) is 31.8. The van der Waals surface area contributed by atoms with Crippen molar-refractivity contribution >= 4 is 32.9 Å². The quantitative estimate of drug-likeness (QED) is 0.103. The van der Waals surface area contributed by atoms with Gasteiger partial charge < -0.3 is 33.3 Å². The van der Waals surface area contributed by atoms with Gasteiger partial charge in [-0.05, 0) is 0 Å². The summed E-state index contributed by atoms with van der Waals surface area (Å²) in [6.45, 7) is 19.2. The summed E-state index contributed by atoms with van der Waals surface area (Å²) in [5, 5.41) is 0. The van der Waals surface area contributed by atoms with Gasteiger partial charge in [-0.3, -0.25) is 0 Å². The number of rotatable bonds is 12. The predicted octanol–water partition coefficient (Wildman–Crippen LogP) is 7.67. The van der Waals surface area contributed by atoms with Gasteiger partial charge in [-0.15, -0.1) is 0 Å². The normalized spacial score (nSPS) is 11.8. The monoisotopic (exact) mass is 893 g/mol. The third-order valence-electron chi connectivity index (χ3n) is 7.13. The summed E-state index contributed by atoms with van der Waals surface area (Å²) in [4.78, 5) is 0. The number of hydrogen-bond donors (Lipinski definition) is 0. The zero-order valence-corrected chi connectivity index (χ0v) is 37.5. The van der Waals surface area contributed by atoms with Crippen molar-refractivity contribution in [3.63, 3.8) is 0 Å². The molecular formula is C36H52IN2NdSi4. The van der Waals surface area contributed by atoms with Crippen LogP contribution >= 0.6 is 0 Å². The van der Waals surface area contributed by atoms with E-state index in [2.05, 4.69) is 174 Å². The smallest absolute Gasteiger partial charge is 1.00 e. The van der Waals surface area contributed by atoms with Crippen molar-refractivity contribution in [1.29, 1.82) is 0 Å². The molecule has 1 radical (unpaired) electrons. The van der Waals surface area contributed by atoms with Crippen molar-refractivity contribution in [2.24, 2.45) is 0 Å². The van der Waals surface area contributed by atoms with E-state index in [1.54, 1.807) is 0 Å². The van der Waals surface area contributed by atoms with Gasteiger partial charge in [0, 0.05) is 0 Å². The maximum atomic E-state index is 5.41. The standard InChI is InChI=1S/2C18H26NSi2.HI.Nd/c2*1-20(2,15-17-11-7-5-8-12-17)19-21(3,4)16-18-13-9-6-10-14-18;;/h2*5-14H,15-16H2,1-4H3;1H;/q2*-1;;+3/p-1. The molecule has 0 saturated heterocycles. The zero-order chi connectivity index (χ0) is 30.7. The van der Waals surface area contributed by atoms with Crippen LogP contribution < -0.4 is 24.0 Å². The van der Waals surface area contributed by atoms with Gasteiger partial charge in [0.2, 0.25) is 0 Å². The Kier molecular flexibility index (Phi) is 18.6. The molecule has 0 unspecified atom stereocenters. The van der Waals surface area contributed by atoms with Gasteiger partial charge in [-0.1, -0.05) is 253 Å². The molecular weight excluding hydrogens is 844 g/mol. The predicted molar refractivity (Wildman–Crippen MR) is 197 cm³/mol. The molecule has 0 N–H and O–H groups in total. The number of halogens is 1. The Labute approximate surface area is 323 Å². The van der Waals surface area contributed by atoms with Crippen LogP contribution in [0.4, 0.5) is 0 Å². The molecule has 0 aliphatic rings. The van der Waals surface area contributed by atoms with Crippen molar-refractivity contribution in [1.82, 2.24) is 0 Å². The average Bonchev–Trinajstić information content (AvgIpc) is 2.89. The van der Waals surface area contributed by atoms with E-state index in [1.165, 1.54) is 22.3 Å². The van der Waals surface area contributed by atoms with E-state index in [0.717, 1.165) is 24.2 Å². The molecule has 0 bridgehead atoms. The summed E-state index contributed by atoms with van der Waals surface area (Å²) in [5.74, 6) is 0. The third-order valence-corrected chi connectivity index (χ3v) is 21.9. The van der Waals surface area contributed by atoms with Crippen LogP contribution in [-0.4, -0.2) is 32.9 Å². The van der Waals surface area contributed by atoms with Crippen LogP contribution in [0.2, 0.25) is 52.4 Å². The Bertz CT molecular complexity index is 1120. The molecule has 44 heavy (non-hydrogen) atoms. The molecule has 0 aliphatic heterocycles. The van der Waals surface area contributed by atoms with E-state index in [0.29, 0.717) is 0 Å². The van der Waals surface area contributed by atoms with Crippen LogP contribution in [0.25, 0.3) is 9.30 Å². The molecule has 8 heteroatoms. The van der Waals surface area contributed by atoms with Gasteiger partial charge in [0.05, 0.1) is 0 Å². The summed E-state index contributed by atoms with van der Waals surface area (Å²) in [5.41, 5.74) is 5.73. The molecule has 0 aliphatic carbocycles. The van der Waals surface area contributed by atoms with Gasteiger partial charge in [0.25, 0.3) is 0 Å². The second kappa shape index (κ2) is 19.5. The second-order valence-electron chi connectivity index (χ2n) is 14.1. The SMILES string of the molecule is C[Si](C)(Cc1ccccc1)[N-][Si](C)(C)Cc1ccccc1.C[Si](C)(Cc1ccccc1)[N-][Si](C)(C)Cc1ccccc1.[I-].[Nd+3]. The van der Waals surface area contributed by atoms with E-state index >= 15 is 0 Å². The average molecular weight is 896 g/mol. The molecule has 0 spiro atoms. The minimum Gasteiger partial charge on any atom is -1.00 e. The van der Waals surface area contributed by atoms with Gasteiger partial charge in [-0.2, -0.15) is 0 Å².